The number of aromatic nitrogens is 3. The van der Waals surface area contributed by atoms with Gasteiger partial charge in [-0.15, -0.1) is 10.2 Å². The zero-order valence-electron chi connectivity index (χ0n) is 12.5. The Labute approximate surface area is 147 Å². The Bertz CT molecular complexity index is 921. The van der Waals surface area contributed by atoms with E-state index in [-0.39, 0.29) is 5.82 Å². The zero-order chi connectivity index (χ0) is 16.5. The molecule has 0 radical (unpaired) electrons. The minimum absolute atomic E-state index is 0.257. The molecule has 0 bridgehead atoms. The van der Waals surface area contributed by atoms with E-state index in [1.54, 1.807) is 28.6 Å². The number of hydrogen-bond donors (Lipinski definition) is 0. The number of fused-ring (bicyclic) bond motifs is 1. The predicted octanol–water partition coefficient (Wildman–Crippen LogP) is 4.02. The molecule has 4 nitrogen and oxygen atoms in total. The molecule has 0 N–H and O–H groups in total. The maximum atomic E-state index is 13.1. The molecule has 2 aromatic carbocycles. The van der Waals surface area contributed by atoms with Gasteiger partial charge >= 0.3 is 0 Å². The van der Waals surface area contributed by atoms with Crippen molar-refractivity contribution in [2.75, 3.05) is 5.75 Å². The van der Waals surface area contributed by atoms with Crippen LogP contribution in [0.1, 0.15) is 17.0 Å². The van der Waals surface area contributed by atoms with Crippen molar-refractivity contribution in [2.45, 2.75) is 11.6 Å². The molecule has 0 atom stereocenters. The number of thioether (sulfide) groups is 1. The topological polar surface area (TPSA) is 43.1 Å². The number of halogens is 2. The van der Waals surface area contributed by atoms with Crippen molar-refractivity contribution >= 4 is 29.1 Å². The first kappa shape index (κ1) is 15.4. The summed E-state index contributed by atoms with van der Waals surface area (Å²) in [6, 6.07) is 14.0. The van der Waals surface area contributed by atoms with Crippen LogP contribution in [0, 0.1) is 5.82 Å². The standard InChI is InChI=1S/C17H12ClFN4S/c18-14-4-2-1-3-12(14)9-16-20-21-17-23(16)22-15(10-24-17)11-5-7-13(19)8-6-11/h1-8H,9-10H2. The molecule has 3 aromatic rings. The minimum Gasteiger partial charge on any atom is -0.207 e. The molecule has 0 aliphatic carbocycles. The Hall–Kier alpha value is -2.18. The molecule has 1 aliphatic heterocycles. The number of nitrogens with zero attached hydrogens (tertiary/aromatic N) is 4. The molecular formula is C17H12ClFN4S. The van der Waals surface area contributed by atoms with E-state index in [1.807, 2.05) is 24.3 Å². The highest BCUT2D eigenvalue weighted by molar-refractivity contribution is 7.99. The minimum atomic E-state index is -0.257. The van der Waals surface area contributed by atoms with Gasteiger partial charge in [-0.05, 0) is 29.3 Å². The zero-order valence-corrected chi connectivity index (χ0v) is 14.1. The van der Waals surface area contributed by atoms with Crippen molar-refractivity contribution in [3.05, 3.63) is 76.3 Å². The van der Waals surface area contributed by atoms with Gasteiger partial charge in [0, 0.05) is 17.2 Å². The fourth-order valence-electron chi connectivity index (χ4n) is 2.47. The van der Waals surface area contributed by atoms with Gasteiger partial charge in [-0.1, -0.05) is 53.7 Å². The molecule has 0 amide bonds. The van der Waals surface area contributed by atoms with Gasteiger partial charge in [0.05, 0.1) is 5.71 Å². The summed E-state index contributed by atoms with van der Waals surface area (Å²) in [5, 5.41) is 14.5. The molecule has 2 heterocycles. The van der Waals surface area contributed by atoms with Crippen LogP contribution in [-0.4, -0.2) is 26.3 Å². The van der Waals surface area contributed by atoms with E-state index in [0.717, 1.165) is 27.8 Å². The van der Waals surface area contributed by atoms with Crippen molar-refractivity contribution in [2.24, 2.45) is 5.10 Å². The smallest absolute Gasteiger partial charge is 0.207 e. The lowest BCUT2D eigenvalue weighted by Crippen LogP contribution is -2.14. The van der Waals surface area contributed by atoms with Crippen LogP contribution in [0.4, 0.5) is 4.39 Å². The van der Waals surface area contributed by atoms with Crippen LogP contribution in [0.15, 0.2) is 58.8 Å². The molecular weight excluding hydrogens is 347 g/mol. The van der Waals surface area contributed by atoms with E-state index in [4.69, 9.17) is 11.6 Å². The summed E-state index contributed by atoms with van der Waals surface area (Å²) >= 11 is 7.79. The van der Waals surface area contributed by atoms with Crippen LogP contribution in [-0.2, 0) is 6.42 Å². The normalized spacial score (nSPS) is 13.5. The molecule has 7 heteroatoms. The predicted molar refractivity (Wildman–Crippen MR) is 93.3 cm³/mol. The van der Waals surface area contributed by atoms with Crippen LogP contribution >= 0.6 is 23.4 Å². The summed E-state index contributed by atoms with van der Waals surface area (Å²) in [5.41, 5.74) is 2.74. The van der Waals surface area contributed by atoms with Crippen molar-refractivity contribution in [1.29, 1.82) is 0 Å². The molecule has 1 aliphatic rings. The number of rotatable bonds is 3. The summed E-state index contributed by atoms with van der Waals surface area (Å²) in [6.07, 6.45) is 0.549. The van der Waals surface area contributed by atoms with Crippen LogP contribution in [0.3, 0.4) is 0 Å². The number of hydrogen-bond acceptors (Lipinski definition) is 4. The van der Waals surface area contributed by atoms with Crippen molar-refractivity contribution in [3.63, 3.8) is 0 Å². The van der Waals surface area contributed by atoms with E-state index < -0.39 is 0 Å². The van der Waals surface area contributed by atoms with Crippen LogP contribution in [0.5, 0.6) is 0 Å². The Morgan fingerprint density at radius 1 is 1.08 bits per heavy atom. The van der Waals surface area contributed by atoms with Crippen LogP contribution in [0.25, 0.3) is 0 Å². The van der Waals surface area contributed by atoms with Gasteiger partial charge in [-0.2, -0.15) is 9.78 Å². The first-order valence-electron chi connectivity index (χ1n) is 7.35. The van der Waals surface area contributed by atoms with Crippen molar-refractivity contribution in [3.8, 4) is 0 Å². The summed E-state index contributed by atoms with van der Waals surface area (Å²) < 4.78 is 14.9. The highest BCUT2D eigenvalue weighted by atomic mass is 35.5. The largest absolute Gasteiger partial charge is 0.212 e. The molecule has 0 unspecified atom stereocenters. The Morgan fingerprint density at radius 2 is 1.88 bits per heavy atom. The van der Waals surface area contributed by atoms with E-state index in [2.05, 4.69) is 15.3 Å². The molecule has 4 rings (SSSR count). The molecule has 120 valence electrons. The summed E-state index contributed by atoms with van der Waals surface area (Å²) in [7, 11) is 0. The van der Waals surface area contributed by atoms with Crippen LogP contribution in [0.2, 0.25) is 5.02 Å². The van der Waals surface area contributed by atoms with Crippen molar-refractivity contribution in [1.82, 2.24) is 14.9 Å². The van der Waals surface area contributed by atoms with Gasteiger partial charge in [0.25, 0.3) is 0 Å². The first-order valence-corrected chi connectivity index (χ1v) is 8.71. The molecule has 24 heavy (non-hydrogen) atoms. The van der Waals surface area contributed by atoms with Gasteiger partial charge in [-0.3, -0.25) is 0 Å². The third-order valence-corrected chi connectivity index (χ3v) is 5.02. The number of benzene rings is 2. The van der Waals surface area contributed by atoms with Crippen LogP contribution < -0.4 is 0 Å². The molecule has 0 fully saturated rings. The highest BCUT2D eigenvalue weighted by Gasteiger charge is 2.20. The average molecular weight is 359 g/mol. The second-order valence-electron chi connectivity index (χ2n) is 5.32. The first-order chi connectivity index (χ1) is 11.7. The fraction of sp³-hybridized carbons (Fsp3) is 0.118. The van der Waals surface area contributed by atoms with E-state index >= 15 is 0 Å². The lowest BCUT2D eigenvalue weighted by atomic mass is 10.1. The fourth-order valence-corrected chi connectivity index (χ4v) is 3.53. The Balaban J connectivity index is 1.69. The molecule has 0 saturated carbocycles. The van der Waals surface area contributed by atoms with E-state index in [1.165, 1.54) is 12.1 Å². The van der Waals surface area contributed by atoms with E-state index in [9.17, 15) is 4.39 Å². The van der Waals surface area contributed by atoms with Crippen molar-refractivity contribution < 1.29 is 4.39 Å². The third kappa shape index (κ3) is 2.95. The van der Waals surface area contributed by atoms with Gasteiger partial charge in [0.15, 0.2) is 5.82 Å². The Kier molecular flexibility index (Phi) is 4.08. The summed E-state index contributed by atoms with van der Waals surface area (Å²) in [4.78, 5) is 0. The summed E-state index contributed by atoms with van der Waals surface area (Å²) in [5.74, 6) is 1.15. The SMILES string of the molecule is Fc1ccc(C2=Nn3c(Cc4ccccc4Cl)nnc3SC2)cc1. The molecule has 1 aromatic heterocycles. The Morgan fingerprint density at radius 3 is 2.67 bits per heavy atom. The molecule has 0 saturated heterocycles. The third-order valence-electron chi connectivity index (χ3n) is 3.72. The quantitative estimate of drug-likeness (QED) is 0.710. The maximum Gasteiger partial charge on any atom is 0.212 e. The maximum absolute atomic E-state index is 13.1. The molecule has 0 spiro atoms. The lowest BCUT2D eigenvalue weighted by Gasteiger charge is -2.14. The van der Waals surface area contributed by atoms with Gasteiger partial charge in [0.2, 0.25) is 5.16 Å². The second kappa shape index (κ2) is 6.37. The summed E-state index contributed by atoms with van der Waals surface area (Å²) in [6.45, 7) is 0. The van der Waals surface area contributed by atoms with Gasteiger partial charge < -0.3 is 0 Å². The monoisotopic (exact) mass is 358 g/mol. The highest BCUT2D eigenvalue weighted by Crippen LogP contribution is 2.26. The van der Waals surface area contributed by atoms with Gasteiger partial charge in [0.1, 0.15) is 5.82 Å². The lowest BCUT2D eigenvalue weighted by molar-refractivity contribution is 0.627. The van der Waals surface area contributed by atoms with E-state index in [0.29, 0.717) is 17.2 Å². The average Bonchev–Trinajstić information content (AvgIpc) is 3.00. The second-order valence-corrected chi connectivity index (χ2v) is 6.67. The van der Waals surface area contributed by atoms with Gasteiger partial charge in [-0.25, -0.2) is 4.39 Å².